The van der Waals surface area contributed by atoms with Gasteiger partial charge in [0.05, 0.1) is 5.69 Å². The molecule has 0 saturated carbocycles. The number of carbonyl (C=O) groups excluding carboxylic acids is 1. The maximum Gasteiger partial charge on any atom is 0.265 e. The molecule has 2 rings (SSSR count). The van der Waals surface area contributed by atoms with Crippen molar-refractivity contribution in [3.8, 4) is 10.6 Å². The summed E-state index contributed by atoms with van der Waals surface area (Å²) in [7, 11) is 1.87. The molecule has 4 nitrogen and oxygen atoms in total. The summed E-state index contributed by atoms with van der Waals surface area (Å²) >= 11 is 1.48. The molecule has 0 spiro atoms. The molecule has 130 valence electrons. The Morgan fingerprint density at radius 2 is 1.71 bits per heavy atom. The second-order valence-corrected chi connectivity index (χ2v) is 7.05. The van der Waals surface area contributed by atoms with Crippen LogP contribution in [0, 0.1) is 13.8 Å². The number of benzene rings is 1. The second-order valence-electron chi connectivity index (χ2n) is 6.05. The van der Waals surface area contributed by atoms with Gasteiger partial charge in [0.2, 0.25) is 0 Å². The van der Waals surface area contributed by atoms with Crippen LogP contribution in [-0.4, -0.2) is 53.9 Å². The van der Waals surface area contributed by atoms with E-state index in [9.17, 15) is 4.79 Å². The van der Waals surface area contributed by atoms with Gasteiger partial charge in [-0.3, -0.25) is 4.79 Å². The SMILES string of the molecule is CCN(CC)CCN(C)C(=O)c1sc(-c2ccc(C)cc2)nc1C. The highest BCUT2D eigenvalue weighted by atomic mass is 32.1. The summed E-state index contributed by atoms with van der Waals surface area (Å²) in [4.78, 5) is 22.2. The summed E-state index contributed by atoms with van der Waals surface area (Å²) in [5, 5.41) is 0.910. The van der Waals surface area contributed by atoms with Crippen molar-refractivity contribution in [3.05, 3.63) is 40.4 Å². The molecule has 0 bridgehead atoms. The molecule has 1 aromatic heterocycles. The molecular weight excluding hydrogens is 318 g/mol. The minimum atomic E-state index is 0.0653. The number of amides is 1. The van der Waals surface area contributed by atoms with E-state index in [1.165, 1.54) is 16.9 Å². The Bertz CT molecular complexity index is 674. The van der Waals surface area contributed by atoms with Crippen molar-refractivity contribution in [3.63, 3.8) is 0 Å². The molecule has 1 aromatic carbocycles. The van der Waals surface area contributed by atoms with Crippen LogP contribution in [0.15, 0.2) is 24.3 Å². The van der Waals surface area contributed by atoms with Gasteiger partial charge in [-0.05, 0) is 26.9 Å². The Balaban J connectivity index is 2.11. The molecule has 0 radical (unpaired) electrons. The number of aromatic nitrogens is 1. The summed E-state index contributed by atoms with van der Waals surface area (Å²) in [5.41, 5.74) is 3.10. The van der Waals surface area contributed by atoms with Crippen molar-refractivity contribution in [2.75, 3.05) is 33.2 Å². The van der Waals surface area contributed by atoms with Gasteiger partial charge in [0.25, 0.3) is 5.91 Å². The Morgan fingerprint density at radius 3 is 2.29 bits per heavy atom. The molecular formula is C19H27N3OS. The van der Waals surface area contributed by atoms with Crippen LogP contribution in [-0.2, 0) is 0 Å². The molecule has 0 aliphatic heterocycles. The van der Waals surface area contributed by atoms with E-state index in [2.05, 4.69) is 54.9 Å². The number of rotatable bonds is 7. The number of hydrogen-bond donors (Lipinski definition) is 0. The highest BCUT2D eigenvalue weighted by Gasteiger charge is 2.19. The van der Waals surface area contributed by atoms with Crippen molar-refractivity contribution >= 4 is 17.2 Å². The molecule has 24 heavy (non-hydrogen) atoms. The lowest BCUT2D eigenvalue weighted by Gasteiger charge is -2.22. The molecule has 0 fully saturated rings. The quantitative estimate of drug-likeness (QED) is 0.765. The van der Waals surface area contributed by atoms with Crippen molar-refractivity contribution in [1.82, 2.24) is 14.8 Å². The van der Waals surface area contributed by atoms with Crippen molar-refractivity contribution in [2.24, 2.45) is 0 Å². The summed E-state index contributed by atoms with van der Waals surface area (Å²) in [5.74, 6) is 0.0653. The van der Waals surface area contributed by atoms with Gasteiger partial charge in [-0.2, -0.15) is 0 Å². The van der Waals surface area contributed by atoms with E-state index < -0.39 is 0 Å². The van der Waals surface area contributed by atoms with E-state index in [0.717, 1.165) is 47.3 Å². The Labute approximate surface area is 149 Å². The van der Waals surface area contributed by atoms with Gasteiger partial charge >= 0.3 is 0 Å². The minimum absolute atomic E-state index is 0.0653. The minimum Gasteiger partial charge on any atom is -0.340 e. The third-order valence-electron chi connectivity index (χ3n) is 4.28. The number of thiazole rings is 1. The molecule has 2 aromatic rings. The predicted octanol–water partition coefficient (Wildman–Crippen LogP) is 3.84. The van der Waals surface area contributed by atoms with Crippen LogP contribution in [0.3, 0.4) is 0 Å². The molecule has 0 aliphatic rings. The first-order chi connectivity index (χ1) is 11.5. The lowest BCUT2D eigenvalue weighted by Crippen LogP contribution is -2.36. The monoisotopic (exact) mass is 345 g/mol. The molecule has 1 amide bonds. The topological polar surface area (TPSA) is 36.4 Å². The number of nitrogens with zero attached hydrogens (tertiary/aromatic N) is 3. The van der Waals surface area contributed by atoms with Crippen molar-refractivity contribution < 1.29 is 4.79 Å². The summed E-state index contributed by atoms with van der Waals surface area (Å²) < 4.78 is 0. The van der Waals surface area contributed by atoms with Crippen LogP contribution in [0.2, 0.25) is 0 Å². The molecule has 1 heterocycles. The Morgan fingerprint density at radius 1 is 1.08 bits per heavy atom. The van der Waals surface area contributed by atoms with E-state index in [4.69, 9.17) is 0 Å². The first-order valence-corrected chi connectivity index (χ1v) is 9.30. The smallest absolute Gasteiger partial charge is 0.265 e. The van der Waals surface area contributed by atoms with Crippen LogP contribution in [0.25, 0.3) is 10.6 Å². The average Bonchev–Trinajstić information content (AvgIpc) is 2.97. The van der Waals surface area contributed by atoms with E-state index in [1.54, 1.807) is 4.90 Å². The summed E-state index contributed by atoms with van der Waals surface area (Å²) in [6.07, 6.45) is 0. The third-order valence-corrected chi connectivity index (χ3v) is 5.48. The highest BCUT2D eigenvalue weighted by Crippen LogP contribution is 2.28. The van der Waals surface area contributed by atoms with Gasteiger partial charge < -0.3 is 9.80 Å². The summed E-state index contributed by atoms with van der Waals surface area (Å²) in [6, 6.07) is 8.27. The van der Waals surface area contributed by atoms with Crippen LogP contribution in [0.5, 0.6) is 0 Å². The molecule has 5 heteroatoms. The standard InChI is InChI=1S/C19H27N3OS/c1-6-22(7-2)13-12-21(5)19(23)17-15(4)20-18(24-17)16-10-8-14(3)9-11-16/h8-11H,6-7,12-13H2,1-5H3. The van der Waals surface area contributed by atoms with Crippen LogP contribution >= 0.6 is 11.3 Å². The molecule has 0 aliphatic carbocycles. The number of carbonyl (C=O) groups is 1. The van der Waals surface area contributed by atoms with Gasteiger partial charge in [0, 0.05) is 25.7 Å². The lowest BCUT2D eigenvalue weighted by molar-refractivity contribution is 0.0783. The van der Waals surface area contributed by atoms with Crippen molar-refractivity contribution in [2.45, 2.75) is 27.7 Å². The van der Waals surface area contributed by atoms with Crippen molar-refractivity contribution in [1.29, 1.82) is 0 Å². The molecule has 0 saturated heterocycles. The number of likely N-dealkylation sites (N-methyl/N-ethyl adjacent to an activating group) is 2. The van der Waals surface area contributed by atoms with E-state index in [-0.39, 0.29) is 5.91 Å². The maximum atomic E-state index is 12.7. The zero-order valence-corrected chi connectivity index (χ0v) is 16.1. The van der Waals surface area contributed by atoms with Gasteiger partial charge in [0.15, 0.2) is 0 Å². The largest absolute Gasteiger partial charge is 0.340 e. The number of hydrogen-bond acceptors (Lipinski definition) is 4. The summed E-state index contributed by atoms with van der Waals surface area (Å²) in [6.45, 7) is 11.9. The number of aryl methyl sites for hydroxylation is 2. The zero-order chi connectivity index (χ0) is 17.7. The maximum absolute atomic E-state index is 12.7. The molecule has 0 N–H and O–H groups in total. The van der Waals surface area contributed by atoms with Crippen LogP contribution in [0.1, 0.15) is 34.8 Å². The van der Waals surface area contributed by atoms with Crippen LogP contribution < -0.4 is 0 Å². The predicted molar refractivity (Wildman–Crippen MR) is 102 cm³/mol. The molecule has 0 unspecified atom stereocenters. The van der Waals surface area contributed by atoms with E-state index >= 15 is 0 Å². The normalized spacial score (nSPS) is 11.1. The Kier molecular flexibility index (Phi) is 6.52. The van der Waals surface area contributed by atoms with Gasteiger partial charge in [-0.1, -0.05) is 43.7 Å². The lowest BCUT2D eigenvalue weighted by atomic mass is 10.2. The highest BCUT2D eigenvalue weighted by molar-refractivity contribution is 7.17. The first-order valence-electron chi connectivity index (χ1n) is 8.48. The zero-order valence-electron chi connectivity index (χ0n) is 15.3. The fourth-order valence-electron chi connectivity index (χ4n) is 2.52. The van der Waals surface area contributed by atoms with Gasteiger partial charge in [0.1, 0.15) is 9.88 Å². The van der Waals surface area contributed by atoms with Gasteiger partial charge in [-0.15, -0.1) is 11.3 Å². The van der Waals surface area contributed by atoms with Gasteiger partial charge in [-0.25, -0.2) is 4.98 Å². The third kappa shape index (κ3) is 4.42. The van der Waals surface area contributed by atoms with E-state index in [1.807, 2.05) is 14.0 Å². The Hall–Kier alpha value is -1.72. The average molecular weight is 346 g/mol. The van der Waals surface area contributed by atoms with E-state index in [0.29, 0.717) is 0 Å². The molecule has 0 atom stereocenters. The fraction of sp³-hybridized carbons (Fsp3) is 0.474. The van der Waals surface area contributed by atoms with Crippen LogP contribution in [0.4, 0.5) is 0 Å². The first kappa shape index (κ1) is 18.6. The fourth-order valence-corrected chi connectivity index (χ4v) is 3.59. The second kappa shape index (κ2) is 8.40.